The van der Waals surface area contributed by atoms with Crippen molar-refractivity contribution < 1.29 is 23.6 Å². The van der Waals surface area contributed by atoms with E-state index in [1.807, 2.05) is 0 Å². The van der Waals surface area contributed by atoms with Crippen LogP contribution in [0.4, 0.5) is 8.78 Å². The third kappa shape index (κ3) is 1.93. The molecule has 0 fully saturated rings. The molecule has 0 saturated carbocycles. The lowest BCUT2D eigenvalue weighted by Gasteiger charge is -2.14. The summed E-state index contributed by atoms with van der Waals surface area (Å²) in [5.41, 5.74) is -1.01. The van der Waals surface area contributed by atoms with Crippen molar-refractivity contribution >= 4 is 5.97 Å². The van der Waals surface area contributed by atoms with Gasteiger partial charge in [-0.05, 0) is 6.08 Å². The van der Waals surface area contributed by atoms with Crippen molar-refractivity contribution in [1.29, 1.82) is 0 Å². The van der Waals surface area contributed by atoms with E-state index < -0.39 is 28.4 Å². The van der Waals surface area contributed by atoms with Crippen LogP contribution in [0.3, 0.4) is 0 Å². The monoisotopic (exact) mass is 205 g/mol. The molecule has 76 valence electrons. The van der Waals surface area contributed by atoms with Crippen LogP contribution in [0.1, 0.15) is 0 Å². The number of carbonyl (C=O) groups is 1. The fourth-order valence-electron chi connectivity index (χ4n) is 1.03. The Morgan fingerprint density at radius 3 is 2.64 bits per heavy atom. The lowest BCUT2D eigenvalue weighted by Crippen LogP contribution is -2.26. The zero-order valence-electron chi connectivity index (χ0n) is 6.68. The molecule has 0 aromatic heterocycles. The van der Waals surface area contributed by atoms with Gasteiger partial charge in [0.1, 0.15) is 0 Å². The summed E-state index contributed by atoms with van der Waals surface area (Å²) < 4.78 is 25.2. The molecule has 1 aliphatic carbocycles. The summed E-state index contributed by atoms with van der Waals surface area (Å²) in [5, 5.41) is 18.8. The van der Waals surface area contributed by atoms with Crippen LogP contribution in [0, 0.1) is 16.0 Å². The van der Waals surface area contributed by atoms with Crippen molar-refractivity contribution in [3.8, 4) is 0 Å². The highest BCUT2D eigenvalue weighted by Crippen LogP contribution is 2.29. The predicted molar refractivity (Wildman–Crippen MR) is 40.3 cm³/mol. The minimum absolute atomic E-state index is 0.0474. The van der Waals surface area contributed by atoms with Crippen molar-refractivity contribution in [2.75, 3.05) is 0 Å². The molecule has 1 atom stereocenters. The second kappa shape index (κ2) is 3.17. The van der Waals surface area contributed by atoms with E-state index in [0.29, 0.717) is 12.2 Å². The Labute approximate surface area is 76.5 Å². The largest absolute Gasteiger partial charge is 0.480 e. The smallest absolute Gasteiger partial charge is 0.321 e. The molecule has 0 bridgehead atoms. The van der Waals surface area contributed by atoms with Gasteiger partial charge in [-0.1, -0.05) is 6.08 Å². The lowest BCUT2D eigenvalue weighted by molar-refractivity contribution is -0.432. The van der Waals surface area contributed by atoms with Crippen LogP contribution in [-0.4, -0.2) is 21.9 Å². The second-order valence-corrected chi connectivity index (χ2v) is 2.68. The van der Waals surface area contributed by atoms with E-state index in [1.54, 1.807) is 0 Å². The Hall–Kier alpha value is -1.79. The fourth-order valence-corrected chi connectivity index (χ4v) is 1.03. The molecule has 0 saturated heterocycles. The van der Waals surface area contributed by atoms with Gasteiger partial charge in [0.15, 0.2) is 5.92 Å². The van der Waals surface area contributed by atoms with Crippen molar-refractivity contribution in [1.82, 2.24) is 0 Å². The van der Waals surface area contributed by atoms with Crippen LogP contribution in [0.25, 0.3) is 0 Å². The van der Waals surface area contributed by atoms with Gasteiger partial charge >= 0.3 is 5.97 Å². The summed E-state index contributed by atoms with van der Waals surface area (Å²) in [6.07, 6.45) is 0.991. The number of nitrogens with zero attached hydrogens (tertiary/aromatic N) is 1. The summed E-state index contributed by atoms with van der Waals surface area (Å²) in [5.74, 6) is -6.58. The molecular formula is C7H5F2NO4. The van der Waals surface area contributed by atoms with Gasteiger partial charge < -0.3 is 5.11 Å². The van der Waals surface area contributed by atoms with Gasteiger partial charge in [-0.3, -0.25) is 14.9 Å². The number of rotatable bonds is 2. The molecule has 0 heterocycles. The van der Waals surface area contributed by atoms with E-state index in [9.17, 15) is 23.7 Å². The van der Waals surface area contributed by atoms with Crippen LogP contribution in [0.2, 0.25) is 0 Å². The van der Waals surface area contributed by atoms with Crippen LogP contribution >= 0.6 is 0 Å². The molecule has 1 unspecified atom stereocenters. The van der Waals surface area contributed by atoms with Gasteiger partial charge in [-0.2, -0.15) is 8.78 Å². The normalized spacial score (nSPS) is 24.1. The van der Waals surface area contributed by atoms with Gasteiger partial charge in [0.05, 0.1) is 11.0 Å². The first kappa shape index (κ1) is 10.3. The van der Waals surface area contributed by atoms with Crippen molar-refractivity contribution in [2.45, 2.75) is 5.92 Å². The molecule has 0 aliphatic heterocycles. The number of hydrogen-bond donors (Lipinski definition) is 1. The average Bonchev–Trinajstić information content (AvgIpc) is 2.01. The number of carboxylic acids is 1. The maximum Gasteiger partial charge on any atom is 0.321 e. The van der Waals surface area contributed by atoms with Gasteiger partial charge in [-0.25, -0.2) is 0 Å². The number of halogens is 2. The molecule has 0 spiro atoms. The average molecular weight is 205 g/mol. The first-order valence-electron chi connectivity index (χ1n) is 3.50. The zero-order valence-corrected chi connectivity index (χ0v) is 6.68. The number of alkyl halides is 2. The SMILES string of the molecule is O=C(O)C1C=CC(F)(F)C=C1[N+](=O)[O-]. The van der Waals surface area contributed by atoms with E-state index in [1.165, 1.54) is 0 Å². The number of hydrogen-bond acceptors (Lipinski definition) is 3. The molecule has 1 N–H and O–H groups in total. The van der Waals surface area contributed by atoms with E-state index >= 15 is 0 Å². The van der Waals surface area contributed by atoms with Crippen molar-refractivity contribution in [2.24, 2.45) is 5.92 Å². The summed E-state index contributed by atoms with van der Waals surface area (Å²) in [6, 6.07) is 0. The molecular weight excluding hydrogens is 200 g/mol. The maximum absolute atomic E-state index is 12.6. The molecule has 0 aromatic carbocycles. The summed E-state index contributed by atoms with van der Waals surface area (Å²) in [7, 11) is 0. The van der Waals surface area contributed by atoms with E-state index in [2.05, 4.69) is 0 Å². The van der Waals surface area contributed by atoms with E-state index in [4.69, 9.17) is 5.11 Å². The van der Waals surface area contributed by atoms with Crippen molar-refractivity contribution in [3.63, 3.8) is 0 Å². The minimum atomic E-state index is -3.45. The summed E-state index contributed by atoms with van der Waals surface area (Å²) in [6.45, 7) is 0. The lowest BCUT2D eigenvalue weighted by atomic mass is 9.98. The first-order valence-corrected chi connectivity index (χ1v) is 3.50. The summed E-state index contributed by atoms with van der Waals surface area (Å²) >= 11 is 0. The maximum atomic E-state index is 12.6. The van der Waals surface area contributed by atoms with Gasteiger partial charge in [-0.15, -0.1) is 0 Å². The standard InChI is InChI=1S/C7H5F2NO4/c8-7(9)2-1-4(6(11)12)5(3-7)10(13)14/h1-4H,(H,11,12). The number of nitro groups is 1. The highest BCUT2D eigenvalue weighted by atomic mass is 19.3. The Kier molecular flexibility index (Phi) is 2.33. The number of allylic oxidation sites excluding steroid dienone is 2. The Balaban J connectivity index is 3.10. The van der Waals surface area contributed by atoms with E-state index in [-0.39, 0.29) is 6.08 Å². The second-order valence-electron chi connectivity index (χ2n) is 2.68. The highest BCUT2D eigenvalue weighted by molar-refractivity contribution is 5.75. The van der Waals surface area contributed by atoms with Crippen LogP contribution in [0.5, 0.6) is 0 Å². The highest BCUT2D eigenvalue weighted by Gasteiger charge is 2.39. The van der Waals surface area contributed by atoms with Crippen molar-refractivity contribution in [3.05, 3.63) is 34.0 Å². The molecule has 1 aliphatic rings. The third-order valence-electron chi connectivity index (χ3n) is 1.65. The zero-order chi connectivity index (χ0) is 10.9. The first-order chi connectivity index (χ1) is 6.33. The number of aliphatic carboxylic acids is 1. The van der Waals surface area contributed by atoms with Crippen LogP contribution in [-0.2, 0) is 4.79 Å². The third-order valence-corrected chi connectivity index (χ3v) is 1.65. The Bertz CT molecular complexity index is 348. The molecule has 7 heteroatoms. The number of carboxylic acid groups (broad SMARTS) is 1. The fraction of sp³-hybridized carbons (Fsp3) is 0.286. The summed E-state index contributed by atoms with van der Waals surface area (Å²) in [4.78, 5) is 19.6. The van der Waals surface area contributed by atoms with Gasteiger partial charge in [0.25, 0.3) is 11.6 Å². The molecule has 5 nitrogen and oxygen atoms in total. The topological polar surface area (TPSA) is 80.4 Å². The minimum Gasteiger partial charge on any atom is -0.480 e. The van der Waals surface area contributed by atoms with Gasteiger partial charge in [0, 0.05) is 0 Å². The predicted octanol–water partition coefficient (Wildman–Crippen LogP) is 1.05. The van der Waals surface area contributed by atoms with Gasteiger partial charge in [0.2, 0.25) is 0 Å². The Morgan fingerprint density at radius 1 is 1.64 bits per heavy atom. The molecule has 14 heavy (non-hydrogen) atoms. The molecule has 0 radical (unpaired) electrons. The van der Waals surface area contributed by atoms with Crippen LogP contribution < -0.4 is 0 Å². The van der Waals surface area contributed by atoms with Crippen LogP contribution in [0.15, 0.2) is 23.9 Å². The van der Waals surface area contributed by atoms with E-state index in [0.717, 1.165) is 0 Å². The molecule has 1 rings (SSSR count). The molecule has 0 aromatic rings. The Morgan fingerprint density at radius 2 is 2.21 bits per heavy atom. The molecule has 0 amide bonds. The quantitative estimate of drug-likeness (QED) is 0.415.